The average molecular weight is 460 g/mol. The molecule has 0 aliphatic rings. The lowest BCUT2D eigenvalue weighted by Crippen LogP contribution is -2.36. The van der Waals surface area contributed by atoms with Crippen LogP contribution in [-0.4, -0.2) is 23.0 Å². The molecule has 7 heteroatoms. The van der Waals surface area contributed by atoms with E-state index in [-0.39, 0.29) is 24.3 Å². The van der Waals surface area contributed by atoms with Crippen molar-refractivity contribution >= 4 is 22.6 Å². The molecule has 0 saturated carbocycles. The van der Waals surface area contributed by atoms with Crippen molar-refractivity contribution in [1.29, 1.82) is 0 Å². The summed E-state index contributed by atoms with van der Waals surface area (Å²) < 4.78 is 19.4. The third-order valence-corrected chi connectivity index (χ3v) is 5.92. The highest BCUT2D eigenvalue weighted by Gasteiger charge is 2.19. The summed E-state index contributed by atoms with van der Waals surface area (Å²) in [5.41, 5.74) is 3.97. The summed E-state index contributed by atoms with van der Waals surface area (Å²) in [5, 5.41) is 3.51. The van der Waals surface area contributed by atoms with Gasteiger partial charge in [0.1, 0.15) is 11.6 Å². The van der Waals surface area contributed by atoms with Gasteiger partial charge in [0.2, 0.25) is 0 Å². The van der Waals surface area contributed by atoms with Gasteiger partial charge >= 0.3 is 6.03 Å². The van der Waals surface area contributed by atoms with Crippen molar-refractivity contribution in [2.75, 3.05) is 12.4 Å². The number of urea groups is 1. The van der Waals surface area contributed by atoms with Crippen LogP contribution in [-0.2, 0) is 13.1 Å². The third kappa shape index (κ3) is 4.93. The molecule has 0 bridgehead atoms. The number of hydrogen-bond donors (Lipinski definition) is 2. The van der Waals surface area contributed by atoms with Crippen LogP contribution < -0.4 is 15.6 Å². The molecule has 3 aromatic carbocycles. The van der Waals surface area contributed by atoms with E-state index in [2.05, 4.69) is 10.3 Å². The number of carbonyl (C=O) groups excluding carboxylic acids is 1. The van der Waals surface area contributed by atoms with E-state index in [9.17, 15) is 14.0 Å². The smallest absolute Gasteiger partial charge is 0.322 e. The second-order valence-electron chi connectivity index (χ2n) is 8.21. The van der Waals surface area contributed by atoms with Gasteiger partial charge in [-0.15, -0.1) is 0 Å². The minimum absolute atomic E-state index is 0.0461. The van der Waals surface area contributed by atoms with Crippen molar-refractivity contribution in [1.82, 2.24) is 9.88 Å². The molecule has 6 nitrogen and oxygen atoms in total. The Labute approximate surface area is 197 Å². The van der Waals surface area contributed by atoms with Gasteiger partial charge in [0.15, 0.2) is 0 Å². The molecule has 2 amide bonds. The van der Waals surface area contributed by atoms with E-state index in [1.807, 2.05) is 38.1 Å². The number of pyridine rings is 1. The molecular formula is C27H26FN3O3. The highest BCUT2D eigenvalue weighted by Crippen LogP contribution is 2.21. The van der Waals surface area contributed by atoms with E-state index in [4.69, 9.17) is 4.74 Å². The predicted molar refractivity (Wildman–Crippen MR) is 132 cm³/mol. The molecule has 0 saturated heterocycles. The van der Waals surface area contributed by atoms with Gasteiger partial charge in [0.05, 0.1) is 24.9 Å². The van der Waals surface area contributed by atoms with Crippen LogP contribution in [0, 0.1) is 19.7 Å². The number of para-hydroxylation sites is 1. The van der Waals surface area contributed by atoms with Gasteiger partial charge in [-0.05, 0) is 66.3 Å². The highest BCUT2D eigenvalue weighted by atomic mass is 19.1. The molecule has 4 rings (SSSR count). The summed E-state index contributed by atoms with van der Waals surface area (Å²) in [6.07, 6.45) is 0. The number of aryl methyl sites for hydroxylation is 2. The first-order valence-electron chi connectivity index (χ1n) is 10.9. The number of aromatic nitrogens is 1. The Bertz CT molecular complexity index is 1400. The van der Waals surface area contributed by atoms with Crippen LogP contribution >= 0.6 is 0 Å². The Kier molecular flexibility index (Phi) is 6.63. The zero-order valence-corrected chi connectivity index (χ0v) is 19.3. The maximum atomic E-state index is 14.2. The number of carbonyl (C=O) groups is 1. The number of amides is 2. The molecule has 0 unspecified atom stereocenters. The molecule has 0 atom stereocenters. The van der Waals surface area contributed by atoms with Crippen LogP contribution in [0.15, 0.2) is 71.5 Å². The molecule has 0 fully saturated rings. The quantitative estimate of drug-likeness (QED) is 0.398. The summed E-state index contributed by atoms with van der Waals surface area (Å²) >= 11 is 0. The molecule has 0 aliphatic carbocycles. The zero-order chi connectivity index (χ0) is 24.2. The fourth-order valence-corrected chi connectivity index (χ4v) is 3.80. The Hall–Kier alpha value is -4.13. The number of nitrogens with one attached hydrogen (secondary N) is 2. The number of hydrogen-bond acceptors (Lipinski definition) is 3. The molecule has 2 N–H and O–H groups in total. The highest BCUT2D eigenvalue weighted by molar-refractivity contribution is 5.89. The van der Waals surface area contributed by atoms with Gasteiger partial charge in [-0.2, -0.15) is 0 Å². The number of fused-ring (bicyclic) bond motifs is 1. The molecule has 0 aliphatic heterocycles. The van der Waals surface area contributed by atoms with Crippen LogP contribution in [0.1, 0.15) is 22.3 Å². The molecule has 0 spiro atoms. The van der Waals surface area contributed by atoms with Crippen molar-refractivity contribution in [3.05, 3.63) is 105 Å². The normalized spacial score (nSPS) is 10.8. The number of nitrogens with zero attached hydrogens (tertiary/aromatic N) is 1. The van der Waals surface area contributed by atoms with E-state index >= 15 is 0 Å². The minimum atomic E-state index is -0.533. The summed E-state index contributed by atoms with van der Waals surface area (Å²) in [6, 6.07) is 18.5. The first-order chi connectivity index (χ1) is 16.4. The maximum Gasteiger partial charge on any atom is 0.322 e. The SMILES string of the molecule is COc1ccc(CN(Cc2cc3ccc(C)c(C)c3[nH]c2=O)C(=O)Nc2ccccc2F)cc1. The van der Waals surface area contributed by atoms with Crippen LogP contribution in [0.4, 0.5) is 14.9 Å². The average Bonchev–Trinajstić information content (AvgIpc) is 2.84. The van der Waals surface area contributed by atoms with Crippen molar-refractivity contribution in [2.45, 2.75) is 26.9 Å². The molecule has 4 aromatic rings. The monoisotopic (exact) mass is 459 g/mol. The van der Waals surface area contributed by atoms with Gasteiger partial charge in [-0.1, -0.05) is 36.4 Å². The zero-order valence-electron chi connectivity index (χ0n) is 19.3. The lowest BCUT2D eigenvalue weighted by molar-refractivity contribution is 0.206. The van der Waals surface area contributed by atoms with Crippen molar-refractivity contribution in [2.24, 2.45) is 0 Å². The second kappa shape index (κ2) is 9.79. The molecule has 34 heavy (non-hydrogen) atoms. The number of ether oxygens (including phenoxy) is 1. The van der Waals surface area contributed by atoms with E-state index in [1.54, 1.807) is 37.4 Å². The topological polar surface area (TPSA) is 74.4 Å². The van der Waals surface area contributed by atoms with Crippen LogP contribution in [0.5, 0.6) is 5.75 Å². The van der Waals surface area contributed by atoms with Crippen molar-refractivity contribution < 1.29 is 13.9 Å². The van der Waals surface area contributed by atoms with Gasteiger partial charge in [0, 0.05) is 12.1 Å². The summed E-state index contributed by atoms with van der Waals surface area (Å²) in [4.78, 5) is 30.5. The van der Waals surface area contributed by atoms with E-state index in [1.165, 1.54) is 17.0 Å². The second-order valence-corrected chi connectivity index (χ2v) is 8.21. The van der Waals surface area contributed by atoms with Gasteiger partial charge < -0.3 is 19.9 Å². The Morgan fingerprint density at radius 2 is 1.76 bits per heavy atom. The van der Waals surface area contributed by atoms with Crippen LogP contribution in [0.3, 0.4) is 0 Å². The van der Waals surface area contributed by atoms with E-state index in [0.29, 0.717) is 11.3 Å². The first-order valence-corrected chi connectivity index (χ1v) is 10.9. The largest absolute Gasteiger partial charge is 0.497 e. The Morgan fingerprint density at radius 3 is 2.47 bits per heavy atom. The summed E-state index contributed by atoms with van der Waals surface area (Å²) in [6.45, 7) is 4.22. The predicted octanol–water partition coefficient (Wildman–Crippen LogP) is 5.53. The van der Waals surface area contributed by atoms with Crippen LogP contribution in [0.25, 0.3) is 10.9 Å². The minimum Gasteiger partial charge on any atom is -0.497 e. The number of methoxy groups -OCH3 is 1. The number of rotatable bonds is 6. The first kappa shape index (κ1) is 23.0. The third-order valence-electron chi connectivity index (χ3n) is 5.92. The number of aromatic amines is 1. The Morgan fingerprint density at radius 1 is 1.03 bits per heavy atom. The Balaban J connectivity index is 1.67. The number of halogens is 1. The lowest BCUT2D eigenvalue weighted by atomic mass is 10.0. The summed E-state index contributed by atoms with van der Waals surface area (Å²) in [5.74, 6) is 0.164. The fourth-order valence-electron chi connectivity index (χ4n) is 3.80. The number of benzene rings is 3. The molecular weight excluding hydrogens is 433 g/mol. The molecule has 0 radical (unpaired) electrons. The lowest BCUT2D eigenvalue weighted by Gasteiger charge is -2.23. The van der Waals surface area contributed by atoms with Crippen molar-refractivity contribution in [3.63, 3.8) is 0 Å². The molecule has 1 aromatic heterocycles. The molecule has 174 valence electrons. The molecule has 1 heterocycles. The number of anilines is 1. The van der Waals surface area contributed by atoms with Gasteiger partial charge in [-0.25, -0.2) is 9.18 Å². The fraction of sp³-hybridized carbons (Fsp3) is 0.185. The van der Waals surface area contributed by atoms with E-state index in [0.717, 1.165) is 27.6 Å². The van der Waals surface area contributed by atoms with Crippen molar-refractivity contribution in [3.8, 4) is 5.75 Å². The maximum absolute atomic E-state index is 14.2. The van der Waals surface area contributed by atoms with E-state index < -0.39 is 11.8 Å². The van der Waals surface area contributed by atoms with Gasteiger partial charge in [0.25, 0.3) is 5.56 Å². The summed E-state index contributed by atoms with van der Waals surface area (Å²) in [7, 11) is 1.58. The number of H-pyrrole nitrogens is 1. The standard InChI is InChI=1S/C27H26FN3O3/c1-17-8-11-20-14-21(26(32)30-25(20)18(17)2)16-31(15-19-9-12-22(34-3)13-10-19)27(33)29-24-7-5-4-6-23(24)28/h4-14H,15-16H2,1-3H3,(H,29,33)(H,30,32). The van der Waals surface area contributed by atoms with Gasteiger partial charge in [-0.3, -0.25) is 4.79 Å². The van der Waals surface area contributed by atoms with Crippen LogP contribution in [0.2, 0.25) is 0 Å².